The highest BCUT2D eigenvalue weighted by Crippen LogP contribution is 2.22. The third kappa shape index (κ3) is 4.03. The Balaban J connectivity index is 1.56. The molecule has 1 aromatic heterocycles. The molecule has 146 valence electrons. The number of aromatic nitrogens is 2. The number of aliphatic hydroxyl groups is 4. The van der Waals surface area contributed by atoms with Gasteiger partial charge in [0, 0.05) is 0 Å². The van der Waals surface area contributed by atoms with Gasteiger partial charge < -0.3 is 34.6 Å². The monoisotopic (exact) mass is 377 g/mol. The maximum Gasteiger partial charge on any atom is 0.416 e. The largest absolute Gasteiger partial charge is 0.416 e. The number of amides is 1. The topological polar surface area (TPSA) is 171 Å². The van der Waals surface area contributed by atoms with Crippen LogP contribution in [-0.2, 0) is 14.2 Å². The lowest BCUT2D eigenvalue weighted by Gasteiger charge is -2.38. The predicted molar refractivity (Wildman–Crippen MR) is 79.3 cm³/mol. The van der Waals surface area contributed by atoms with E-state index in [2.05, 4.69) is 10.6 Å². The number of hydrogen-bond acceptors (Lipinski definition) is 11. The summed E-state index contributed by atoms with van der Waals surface area (Å²) >= 11 is 0. The Labute approximate surface area is 147 Å². The fourth-order valence-electron chi connectivity index (χ4n) is 2.59. The zero-order valence-corrected chi connectivity index (χ0v) is 13.7. The lowest BCUT2D eigenvalue weighted by Crippen LogP contribution is -2.62. The number of anilines is 1. The van der Waals surface area contributed by atoms with Crippen LogP contribution < -0.4 is 15.1 Å². The maximum atomic E-state index is 11.9. The highest BCUT2D eigenvalue weighted by molar-refractivity contribution is 5.82. The lowest BCUT2D eigenvalue weighted by molar-refractivity contribution is -0.759. The van der Waals surface area contributed by atoms with Crippen molar-refractivity contribution in [2.75, 3.05) is 43.2 Å². The average Bonchev–Trinajstić information content (AvgIpc) is 3.11. The van der Waals surface area contributed by atoms with Crippen LogP contribution in [0.4, 0.5) is 10.7 Å². The second-order valence-electron chi connectivity index (χ2n) is 5.78. The number of aliphatic hydroxyl groups excluding tert-OH is 4. The van der Waals surface area contributed by atoms with Crippen molar-refractivity contribution >= 4 is 12.0 Å². The van der Waals surface area contributed by atoms with E-state index >= 15 is 0 Å². The first-order valence-electron chi connectivity index (χ1n) is 7.99. The van der Waals surface area contributed by atoms with Crippen LogP contribution in [0.1, 0.15) is 0 Å². The molecular formula is C13H21N4O9+. The molecule has 0 unspecified atom stereocenters. The molecule has 2 aliphatic rings. The van der Waals surface area contributed by atoms with E-state index < -0.39 is 43.4 Å². The summed E-state index contributed by atoms with van der Waals surface area (Å²) in [7, 11) is 0. The van der Waals surface area contributed by atoms with Gasteiger partial charge in [-0.2, -0.15) is 0 Å². The summed E-state index contributed by atoms with van der Waals surface area (Å²) in [6.45, 7) is 1.66. The summed E-state index contributed by atoms with van der Waals surface area (Å²) in [6.07, 6.45) is -7.27. The highest BCUT2D eigenvalue weighted by Gasteiger charge is 2.45. The van der Waals surface area contributed by atoms with Gasteiger partial charge in [0.05, 0.1) is 37.7 Å². The Morgan fingerprint density at radius 1 is 1.31 bits per heavy atom. The van der Waals surface area contributed by atoms with Crippen LogP contribution in [0, 0.1) is 0 Å². The fraction of sp³-hybridized carbons (Fsp3) is 0.769. The van der Waals surface area contributed by atoms with E-state index in [4.69, 9.17) is 23.8 Å². The van der Waals surface area contributed by atoms with Crippen LogP contribution >= 0.6 is 0 Å². The molecule has 3 rings (SSSR count). The molecule has 13 nitrogen and oxygen atoms in total. The number of hydrogen-bond donors (Lipinski definition) is 5. The molecule has 0 radical (unpaired) electrons. The second kappa shape index (κ2) is 8.11. The lowest BCUT2D eigenvalue weighted by atomic mass is 9.99. The van der Waals surface area contributed by atoms with Gasteiger partial charge in [0.25, 0.3) is 6.20 Å². The van der Waals surface area contributed by atoms with Crippen LogP contribution in [0.3, 0.4) is 0 Å². The van der Waals surface area contributed by atoms with E-state index in [1.165, 1.54) is 11.0 Å². The Morgan fingerprint density at radius 3 is 2.73 bits per heavy atom. The zero-order valence-electron chi connectivity index (χ0n) is 13.7. The molecule has 0 aromatic carbocycles. The average molecular weight is 377 g/mol. The first-order chi connectivity index (χ1) is 12.5. The normalized spacial score (nSPS) is 32.3. The molecule has 0 saturated carbocycles. The van der Waals surface area contributed by atoms with E-state index in [0.717, 1.165) is 0 Å². The number of carbonyl (C=O) groups excluding carboxylic acids is 1. The van der Waals surface area contributed by atoms with Gasteiger partial charge in [0.2, 0.25) is 11.6 Å². The summed E-state index contributed by atoms with van der Waals surface area (Å²) in [6, 6.07) is 0. The summed E-state index contributed by atoms with van der Waals surface area (Å²) in [4.78, 5) is 13.3. The van der Waals surface area contributed by atoms with Gasteiger partial charge in [0.1, 0.15) is 24.4 Å². The molecule has 1 aromatic rings. The number of carbonyl (C=O) groups is 1. The number of morpholine rings is 1. The minimum atomic E-state index is -1.69. The third-order valence-electron chi connectivity index (χ3n) is 4.03. The number of nitrogens with zero attached hydrogens (tertiary/aromatic N) is 3. The van der Waals surface area contributed by atoms with Crippen LogP contribution in [0.5, 0.6) is 0 Å². The summed E-state index contributed by atoms with van der Waals surface area (Å²) in [5.74, 6) is -0.0221. The molecule has 5 atom stereocenters. The SMILES string of the molecule is O=C(Nc1c[n+](N2CCOCC2)no1)O[C@@H]1O[C@H](CO)[C@@H](O)[C@H](O)[C@H]1O. The third-order valence-corrected chi connectivity index (χ3v) is 4.03. The van der Waals surface area contributed by atoms with Gasteiger partial charge in [-0.25, -0.2) is 4.79 Å². The van der Waals surface area contributed by atoms with Crippen molar-refractivity contribution in [1.82, 2.24) is 5.27 Å². The van der Waals surface area contributed by atoms with Crippen LogP contribution in [-0.4, -0.2) is 95.4 Å². The smallest absolute Gasteiger partial charge is 0.416 e. The van der Waals surface area contributed by atoms with E-state index in [-0.39, 0.29) is 5.88 Å². The van der Waals surface area contributed by atoms with Gasteiger partial charge in [-0.05, 0) is 0 Å². The molecule has 2 saturated heterocycles. The van der Waals surface area contributed by atoms with E-state index in [0.29, 0.717) is 26.3 Å². The van der Waals surface area contributed by atoms with Gasteiger partial charge in [-0.3, -0.25) is 9.84 Å². The van der Waals surface area contributed by atoms with E-state index in [9.17, 15) is 20.1 Å². The minimum Gasteiger partial charge on any atom is -0.416 e. The molecule has 26 heavy (non-hydrogen) atoms. The summed E-state index contributed by atoms with van der Waals surface area (Å²) < 4.78 is 20.1. The van der Waals surface area contributed by atoms with Crippen LogP contribution in [0.25, 0.3) is 0 Å². The van der Waals surface area contributed by atoms with Crippen molar-refractivity contribution in [1.29, 1.82) is 0 Å². The minimum absolute atomic E-state index is 0.0221. The molecule has 1 amide bonds. The van der Waals surface area contributed by atoms with Crippen molar-refractivity contribution < 1.29 is 48.7 Å². The molecule has 13 heteroatoms. The predicted octanol–water partition coefficient (Wildman–Crippen LogP) is -3.72. The summed E-state index contributed by atoms with van der Waals surface area (Å²) in [5.41, 5.74) is 0. The standard InChI is InChI=1S/C13H20N4O9/c18-6-7-9(19)10(20)11(21)12(24-7)25-13(22)14-8-5-17(15-26-8)16-1-3-23-4-2-16/h5,7,9-12,18-21H,1-4,6H2/p+1/t7-,9-,10+,11-,12+/m1/s1. The second-order valence-corrected chi connectivity index (χ2v) is 5.78. The fourth-order valence-corrected chi connectivity index (χ4v) is 2.59. The molecule has 0 bridgehead atoms. The van der Waals surface area contributed by atoms with E-state index in [1.54, 1.807) is 0 Å². The molecule has 5 N–H and O–H groups in total. The maximum absolute atomic E-state index is 11.9. The summed E-state index contributed by atoms with van der Waals surface area (Å²) in [5, 5.41) is 46.1. The Bertz CT molecular complexity index is 606. The first-order valence-corrected chi connectivity index (χ1v) is 7.99. The van der Waals surface area contributed by atoms with Crippen molar-refractivity contribution in [3.05, 3.63) is 6.20 Å². The quantitative estimate of drug-likeness (QED) is 0.327. The zero-order chi connectivity index (χ0) is 18.7. The Kier molecular flexibility index (Phi) is 5.85. The Morgan fingerprint density at radius 2 is 2.04 bits per heavy atom. The molecule has 3 heterocycles. The molecule has 2 fully saturated rings. The number of nitrogens with one attached hydrogen (secondary N) is 1. The molecular weight excluding hydrogens is 356 g/mol. The number of rotatable bonds is 4. The number of ether oxygens (including phenoxy) is 3. The van der Waals surface area contributed by atoms with Gasteiger partial charge in [-0.15, -0.1) is 5.01 Å². The molecule has 0 spiro atoms. The van der Waals surface area contributed by atoms with Crippen LogP contribution in [0.2, 0.25) is 0 Å². The van der Waals surface area contributed by atoms with E-state index in [1.807, 2.05) is 5.01 Å². The van der Waals surface area contributed by atoms with Crippen molar-refractivity contribution in [2.45, 2.75) is 30.7 Å². The molecule has 2 aliphatic heterocycles. The van der Waals surface area contributed by atoms with Crippen molar-refractivity contribution in [3.8, 4) is 0 Å². The van der Waals surface area contributed by atoms with Crippen molar-refractivity contribution in [3.63, 3.8) is 0 Å². The highest BCUT2D eigenvalue weighted by atomic mass is 16.7. The van der Waals surface area contributed by atoms with Crippen LogP contribution in [0.15, 0.2) is 10.7 Å². The first kappa shape index (κ1) is 18.8. The molecule has 0 aliphatic carbocycles. The van der Waals surface area contributed by atoms with Gasteiger partial charge in [0.15, 0.2) is 0 Å². The van der Waals surface area contributed by atoms with Gasteiger partial charge in [-0.1, -0.05) is 0 Å². The van der Waals surface area contributed by atoms with Gasteiger partial charge >= 0.3 is 12.0 Å². The van der Waals surface area contributed by atoms with Crippen molar-refractivity contribution in [2.24, 2.45) is 0 Å². The Hall–Kier alpha value is -2.03.